The van der Waals surface area contributed by atoms with Crippen LogP contribution in [0.15, 0.2) is 67.0 Å². The second-order valence-corrected chi connectivity index (χ2v) is 5.45. The van der Waals surface area contributed by atoms with Crippen molar-refractivity contribution in [3.63, 3.8) is 0 Å². The van der Waals surface area contributed by atoms with E-state index in [2.05, 4.69) is 10.3 Å². The van der Waals surface area contributed by atoms with Crippen LogP contribution >= 0.6 is 0 Å². The summed E-state index contributed by atoms with van der Waals surface area (Å²) in [6, 6.07) is 17.4. The van der Waals surface area contributed by atoms with E-state index >= 15 is 0 Å². The van der Waals surface area contributed by atoms with E-state index in [0.717, 1.165) is 16.3 Å². The van der Waals surface area contributed by atoms with Crippen LogP contribution in [0.5, 0.6) is 0 Å². The quantitative estimate of drug-likeness (QED) is 0.761. The van der Waals surface area contributed by atoms with Crippen molar-refractivity contribution in [1.29, 1.82) is 0 Å². The minimum Gasteiger partial charge on any atom is -0.345 e. The molecule has 3 aromatic rings. The Labute approximate surface area is 135 Å². The van der Waals surface area contributed by atoms with Crippen LogP contribution < -0.4 is 11.1 Å². The summed E-state index contributed by atoms with van der Waals surface area (Å²) in [6.45, 7) is 0.517. The van der Waals surface area contributed by atoms with Crippen molar-refractivity contribution < 1.29 is 4.79 Å². The highest BCUT2D eigenvalue weighted by Crippen LogP contribution is 2.18. The fourth-order valence-electron chi connectivity index (χ4n) is 2.64. The Morgan fingerprint density at radius 2 is 1.91 bits per heavy atom. The monoisotopic (exact) mass is 305 g/mol. The van der Waals surface area contributed by atoms with Gasteiger partial charge in [0.15, 0.2) is 0 Å². The molecular formula is C19H19N3O. The van der Waals surface area contributed by atoms with E-state index in [9.17, 15) is 4.79 Å². The van der Waals surface area contributed by atoms with Gasteiger partial charge in [0.1, 0.15) is 0 Å². The number of carbonyl (C=O) groups excluding carboxylic acids is 1. The lowest BCUT2D eigenvalue weighted by atomic mass is 10.0. The van der Waals surface area contributed by atoms with Crippen LogP contribution in [0.2, 0.25) is 0 Å². The van der Waals surface area contributed by atoms with Crippen LogP contribution in [-0.2, 0) is 0 Å². The Morgan fingerprint density at radius 1 is 1.09 bits per heavy atom. The average Bonchev–Trinajstić information content (AvgIpc) is 2.61. The van der Waals surface area contributed by atoms with Crippen molar-refractivity contribution in [2.45, 2.75) is 12.5 Å². The minimum atomic E-state index is -0.0917. The molecular weight excluding hydrogens is 286 g/mol. The molecule has 0 aliphatic heterocycles. The normalized spacial score (nSPS) is 12.0. The number of rotatable bonds is 5. The van der Waals surface area contributed by atoms with E-state index in [1.165, 1.54) is 0 Å². The van der Waals surface area contributed by atoms with Gasteiger partial charge in [-0.05, 0) is 42.1 Å². The highest BCUT2D eigenvalue weighted by molar-refractivity contribution is 5.98. The number of benzene rings is 2. The second-order valence-electron chi connectivity index (χ2n) is 5.45. The number of carbonyl (C=O) groups is 1. The Balaban J connectivity index is 1.82. The summed E-state index contributed by atoms with van der Waals surface area (Å²) in [7, 11) is 0. The number of nitrogens with one attached hydrogen (secondary N) is 1. The maximum atomic E-state index is 12.6. The number of pyridine rings is 1. The maximum absolute atomic E-state index is 12.6. The molecule has 1 atom stereocenters. The van der Waals surface area contributed by atoms with Crippen LogP contribution in [0.25, 0.3) is 10.8 Å². The molecule has 0 saturated heterocycles. The molecule has 0 aliphatic carbocycles. The van der Waals surface area contributed by atoms with E-state index in [-0.39, 0.29) is 11.9 Å². The average molecular weight is 305 g/mol. The standard InChI is InChI=1S/C19H19N3O/c20-10-8-18(14-4-2-1-3-5-14)22-19(23)16-6-7-17-13-21-11-9-15(17)12-16/h1-7,9,11-13,18H,8,10,20H2,(H,22,23). The number of hydrogen-bond donors (Lipinski definition) is 2. The molecule has 0 spiro atoms. The Kier molecular flexibility index (Phi) is 4.64. The summed E-state index contributed by atoms with van der Waals surface area (Å²) in [5.74, 6) is -0.0917. The predicted molar refractivity (Wildman–Crippen MR) is 92.1 cm³/mol. The van der Waals surface area contributed by atoms with E-state index in [4.69, 9.17) is 5.73 Å². The Hall–Kier alpha value is -2.72. The number of aromatic nitrogens is 1. The zero-order valence-electron chi connectivity index (χ0n) is 12.8. The molecule has 3 N–H and O–H groups in total. The first kappa shape index (κ1) is 15.2. The first-order valence-corrected chi connectivity index (χ1v) is 7.67. The third kappa shape index (κ3) is 3.55. The molecule has 3 rings (SSSR count). The highest BCUT2D eigenvalue weighted by Gasteiger charge is 2.15. The summed E-state index contributed by atoms with van der Waals surface area (Å²) >= 11 is 0. The molecule has 116 valence electrons. The summed E-state index contributed by atoms with van der Waals surface area (Å²) in [6.07, 6.45) is 4.22. The third-order valence-corrected chi connectivity index (χ3v) is 3.87. The molecule has 1 aromatic heterocycles. The van der Waals surface area contributed by atoms with E-state index < -0.39 is 0 Å². The molecule has 0 bridgehead atoms. The molecule has 2 aromatic carbocycles. The zero-order valence-corrected chi connectivity index (χ0v) is 12.8. The van der Waals surface area contributed by atoms with Crippen LogP contribution in [0, 0.1) is 0 Å². The van der Waals surface area contributed by atoms with Gasteiger partial charge in [0.2, 0.25) is 0 Å². The largest absolute Gasteiger partial charge is 0.345 e. The lowest BCUT2D eigenvalue weighted by Gasteiger charge is -2.18. The molecule has 1 unspecified atom stereocenters. The van der Waals surface area contributed by atoms with Crippen LogP contribution in [0.3, 0.4) is 0 Å². The van der Waals surface area contributed by atoms with Crippen molar-refractivity contribution in [3.05, 3.63) is 78.1 Å². The molecule has 0 radical (unpaired) electrons. The smallest absolute Gasteiger partial charge is 0.251 e. The van der Waals surface area contributed by atoms with Gasteiger partial charge in [-0.1, -0.05) is 36.4 Å². The highest BCUT2D eigenvalue weighted by atomic mass is 16.1. The van der Waals surface area contributed by atoms with Gasteiger partial charge in [-0.3, -0.25) is 9.78 Å². The summed E-state index contributed by atoms with van der Waals surface area (Å²) in [5, 5.41) is 5.10. The van der Waals surface area contributed by atoms with Gasteiger partial charge in [0, 0.05) is 23.3 Å². The van der Waals surface area contributed by atoms with Crippen molar-refractivity contribution in [2.24, 2.45) is 5.73 Å². The topological polar surface area (TPSA) is 68.0 Å². The molecule has 1 amide bonds. The van der Waals surface area contributed by atoms with E-state index in [1.807, 2.05) is 54.6 Å². The number of hydrogen-bond acceptors (Lipinski definition) is 3. The molecule has 23 heavy (non-hydrogen) atoms. The SMILES string of the molecule is NCCC(NC(=O)c1ccc2cnccc2c1)c1ccccc1. The summed E-state index contributed by atoms with van der Waals surface area (Å²) in [5.41, 5.74) is 7.40. The van der Waals surface area contributed by atoms with Crippen molar-refractivity contribution in [1.82, 2.24) is 10.3 Å². The van der Waals surface area contributed by atoms with Crippen molar-refractivity contribution >= 4 is 16.7 Å². The van der Waals surface area contributed by atoms with Gasteiger partial charge in [-0.25, -0.2) is 0 Å². The number of amides is 1. The number of nitrogens with zero attached hydrogens (tertiary/aromatic N) is 1. The van der Waals surface area contributed by atoms with Gasteiger partial charge < -0.3 is 11.1 Å². The lowest BCUT2D eigenvalue weighted by Crippen LogP contribution is -2.30. The summed E-state index contributed by atoms with van der Waals surface area (Å²) in [4.78, 5) is 16.7. The molecule has 0 aliphatic rings. The number of fused-ring (bicyclic) bond motifs is 1. The van der Waals surface area contributed by atoms with Gasteiger partial charge in [-0.15, -0.1) is 0 Å². The van der Waals surface area contributed by atoms with Crippen molar-refractivity contribution in [3.8, 4) is 0 Å². The Bertz CT molecular complexity index is 802. The second kappa shape index (κ2) is 7.03. The van der Waals surface area contributed by atoms with Crippen LogP contribution in [0.4, 0.5) is 0 Å². The fraction of sp³-hybridized carbons (Fsp3) is 0.158. The fourth-order valence-corrected chi connectivity index (χ4v) is 2.64. The molecule has 0 fully saturated rings. The van der Waals surface area contributed by atoms with Crippen molar-refractivity contribution in [2.75, 3.05) is 6.54 Å². The van der Waals surface area contributed by atoms with E-state index in [0.29, 0.717) is 18.5 Å². The molecule has 1 heterocycles. The molecule has 0 saturated carbocycles. The zero-order chi connectivity index (χ0) is 16.1. The minimum absolute atomic E-state index is 0.0816. The maximum Gasteiger partial charge on any atom is 0.251 e. The van der Waals surface area contributed by atoms with Gasteiger partial charge in [-0.2, -0.15) is 0 Å². The first-order chi connectivity index (χ1) is 11.3. The summed E-state index contributed by atoms with van der Waals surface area (Å²) < 4.78 is 0. The van der Waals surface area contributed by atoms with Gasteiger partial charge in [0.05, 0.1) is 6.04 Å². The first-order valence-electron chi connectivity index (χ1n) is 7.67. The molecule has 4 heteroatoms. The van der Waals surface area contributed by atoms with Crippen LogP contribution in [-0.4, -0.2) is 17.4 Å². The Morgan fingerprint density at radius 3 is 2.70 bits per heavy atom. The lowest BCUT2D eigenvalue weighted by molar-refractivity contribution is 0.0935. The third-order valence-electron chi connectivity index (χ3n) is 3.87. The van der Waals surface area contributed by atoms with E-state index in [1.54, 1.807) is 12.4 Å². The predicted octanol–water partition coefficient (Wildman–Crippen LogP) is 3.05. The number of nitrogens with two attached hydrogens (primary N) is 1. The van der Waals surface area contributed by atoms with Gasteiger partial charge >= 0.3 is 0 Å². The van der Waals surface area contributed by atoms with Gasteiger partial charge in [0.25, 0.3) is 5.91 Å². The van der Waals surface area contributed by atoms with Crippen LogP contribution in [0.1, 0.15) is 28.4 Å². The molecule has 4 nitrogen and oxygen atoms in total.